The van der Waals surface area contributed by atoms with Crippen LogP contribution in [0.25, 0.3) is 0 Å². The van der Waals surface area contributed by atoms with Crippen molar-refractivity contribution in [3.8, 4) is 0 Å². The average Bonchev–Trinajstić information content (AvgIpc) is 2.47. The van der Waals surface area contributed by atoms with Crippen molar-refractivity contribution >= 4 is 0 Å². The number of ether oxygens (including phenoxy) is 1. The Morgan fingerprint density at radius 1 is 1.16 bits per heavy atom. The van der Waals surface area contributed by atoms with Crippen LogP contribution in [0.3, 0.4) is 0 Å². The number of nitrogens with one attached hydrogen (secondary N) is 1. The smallest absolute Gasteiger partial charge is 0.0716 e. The van der Waals surface area contributed by atoms with Gasteiger partial charge in [-0.25, -0.2) is 0 Å². The van der Waals surface area contributed by atoms with E-state index in [0.717, 1.165) is 12.5 Å². The van der Waals surface area contributed by atoms with Crippen LogP contribution < -0.4 is 5.32 Å². The molecule has 1 aromatic carbocycles. The highest BCUT2D eigenvalue weighted by Crippen LogP contribution is 2.27. The molecule has 0 spiro atoms. The maximum atomic E-state index is 5.27. The van der Waals surface area contributed by atoms with E-state index < -0.39 is 0 Å². The average molecular weight is 261 g/mol. The molecule has 0 amide bonds. The third-order valence-corrected chi connectivity index (χ3v) is 4.41. The van der Waals surface area contributed by atoms with Crippen molar-refractivity contribution in [3.63, 3.8) is 0 Å². The Balaban J connectivity index is 1.93. The SMILES string of the molecule is CCC1CCCCC1NCc1ccccc1COC. The van der Waals surface area contributed by atoms with Gasteiger partial charge in [0.1, 0.15) is 0 Å². The molecule has 2 rings (SSSR count). The Hall–Kier alpha value is -0.860. The van der Waals surface area contributed by atoms with E-state index in [-0.39, 0.29) is 0 Å². The van der Waals surface area contributed by atoms with Crippen LogP contribution in [-0.2, 0) is 17.9 Å². The summed E-state index contributed by atoms with van der Waals surface area (Å²) >= 11 is 0. The number of rotatable bonds is 6. The summed E-state index contributed by atoms with van der Waals surface area (Å²) in [6, 6.07) is 9.29. The fraction of sp³-hybridized carbons (Fsp3) is 0.647. The summed E-state index contributed by atoms with van der Waals surface area (Å²) in [5.41, 5.74) is 2.69. The molecule has 2 heteroatoms. The molecule has 106 valence electrons. The minimum Gasteiger partial charge on any atom is -0.380 e. The van der Waals surface area contributed by atoms with Gasteiger partial charge >= 0.3 is 0 Å². The highest BCUT2D eigenvalue weighted by molar-refractivity contribution is 5.26. The number of hydrogen-bond donors (Lipinski definition) is 1. The largest absolute Gasteiger partial charge is 0.380 e. The predicted molar refractivity (Wildman–Crippen MR) is 80.0 cm³/mol. The van der Waals surface area contributed by atoms with Crippen molar-refractivity contribution in [1.82, 2.24) is 5.32 Å². The molecule has 1 aliphatic carbocycles. The molecular formula is C17H27NO. The molecular weight excluding hydrogens is 234 g/mol. The van der Waals surface area contributed by atoms with Crippen LogP contribution in [0.1, 0.15) is 50.2 Å². The predicted octanol–water partition coefficient (Wildman–Crippen LogP) is 3.89. The van der Waals surface area contributed by atoms with E-state index >= 15 is 0 Å². The first kappa shape index (κ1) is 14.5. The van der Waals surface area contributed by atoms with E-state index in [1.165, 1.54) is 43.2 Å². The van der Waals surface area contributed by atoms with Crippen molar-refractivity contribution in [2.45, 2.75) is 58.2 Å². The van der Waals surface area contributed by atoms with Crippen LogP contribution in [0.15, 0.2) is 24.3 Å². The molecule has 0 aliphatic heterocycles. The van der Waals surface area contributed by atoms with Crippen molar-refractivity contribution in [3.05, 3.63) is 35.4 Å². The molecule has 2 atom stereocenters. The fourth-order valence-electron chi connectivity index (χ4n) is 3.23. The third-order valence-electron chi connectivity index (χ3n) is 4.41. The zero-order valence-electron chi connectivity index (χ0n) is 12.3. The van der Waals surface area contributed by atoms with Crippen LogP contribution in [-0.4, -0.2) is 13.2 Å². The molecule has 0 saturated heterocycles. The summed E-state index contributed by atoms with van der Waals surface area (Å²) in [7, 11) is 1.76. The van der Waals surface area contributed by atoms with Gasteiger partial charge in [-0.1, -0.05) is 50.5 Å². The summed E-state index contributed by atoms with van der Waals surface area (Å²) in [5.74, 6) is 0.864. The number of hydrogen-bond acceptors (Lipinski definition) is 2. The fourth-order valence-corrected chi connectivity index (χ4v) is 3.23. The van der Waals surface area contributed by atoms with Gasteiger partial charge in [0.15, 0.2) is 0 Å². The van der Waals surface area contributed by atoms with Crippen LogP contribution in [0.5, 0.6) is 0 Å². The van der Waals surface area contributed by atoms with E-state index in [1.807, 2.05) is 0 Å². The lowest BCUT2D eigenvalue weighted by molar-refractivity contribution is 0.183. The normalized spacial score (nSPS) is 23.5. The van der Waals surface area contributed by atoms with Crippen molar-refractivity contribution in [1.29, 1.82) is 0 Å². The zero-order valence-corrected chi connectivity index (χ0v) is 12.3. The molecule has 0 bridgehead atoms. The van der Waals surface area contributed by atoms with Gasteiger partial charge < -0.3 is 10.1 Å². The zero-order chi connectivity index (χ0) is 13.5. The van der Waals surface area contributed by atoms with E-state index in [1.54, 1.807) is 7.11 Å². The van der Waals surface area contributed by atoms with Crippen LogP contribution in [0.2, 0.25) is 0 Å². The first-order chi connectivity index (χ1) is 9.35. The third kappa shape index (κ3) is 4.05. The van der Waals surface area contributed by atoms with E-state index in [2.05, 4.69) is 36.5 Å². The topological polar surface area (TPSA) is 21.3 Å². The van der Waals surface area contributed by atoms with Gasteiger partial charge in [-0.2, -0.15) is 0 Å². The Bertz CT molecular complexity index is 377. The van der Waals surface area contributed by atoms with E-state index in [9.17, 15) is 0 Å². The standard InChI is InChI=1S/C17H27NO/c1-3-14-8-6-7-11-17(14)18-12-15-9-4-5-10-16(15)13-19-2/h4-5,9-10,14,17-18H,3,6-8,11-13H2,1-2H3. The molecule has 19 heavy (non-hydrogen) atoms. The Labute approximate surface area is 117 Å². The van der Waals surface area contributed by atoms with Gasteiger partial charge in [0, 0.05) is 19.7 Å². The molecule has 0 aromatic heterocycles. The van der Waals surface area contributed by atoms with Gasteiger partial charge in [0.2, 0.25) is 0 Å². The molecule has 1 N–H and O–H groups in total. The summed E-state index contributed by atoms with van der Waals surface area (Å²) in [6.07, 6.45) is 6.83. The summed E-state index contributed by atoms with van der Waals surface area (Å²) in [4.78, 5) is 0. The lowest BCUT2D eigenvalue weighted by Gasteiger charge is -2.32. The first-order valence-corrected chi connectivity index (χ1v) is 7.64. The van der Waals surface area contributed by atoms with Gasteiger partial charge in [-0.15, -0.1) is 0 Å². The second-order valence-corrected chi connectivity index (χ2v) is 5.64. The second-order valence-electron chi connectivity index (χ2n) is 5.64. The molecule has 0 radical (unpaired) electrons. The first-order valence-electron chi connectivity index (χ1n) is 7.64. The highest BCUT2D eigenvalue weighted by atomic mass is 16.5. The minimum atomic E-state index is 0.703. The maximum Gasteiger partial charge on any atom is 0.0716 e. The number of benzene rings is 1. The molecule has 2 nitrogen and oxygen atoms in total. The van der Waals surface area contributed by atoms with Gasteiger partial charge in [-0.3, -0.25) is 0 Å². The summed E-state index contributed by atoms with van der Waals surface area (Å²) < 4.78 is 5.27. The lowest BCUT2D eigenvalue weighted by Crippen LogP contribution is -2.38. The molecule has 1 aliphatic rings. The molecule has 1 saturated carbocycles. The minimum absolute atomic E-state index is 0.703. The number of methoxy groups -OCH3 is 1. The Morgan fingerprint density at radius 3 is 2.63 bits per heavy atom. The molecule has 2 unspecified atom stereocenters. The second kappa shape index (κ2) is 7.66. The molecule has 0 heterocycles. The molecule has 1 aromatic rings. The Kier molecular flexibility index (Phi) is 5.87. The summed E-state index contributed by atoms with van der Waals surface area (Å²) in [6.45, 7) is 4.00. The van der Waals surface area contributed by atoms with E-state index in [4.69, 9.17) is 4.74 Å². The lowest BCUT2D eigenvalue weighted by atomic mass is 9.83. The summed E-state index contributed by atoms with van der Waals surface area (Å²) in [5, 5.41) is 3.78. The van der Waals surface area contributed by atoms with Crippen LogP contribution in [0, 0.1) is 5.92 Å². The van der Waals surface area contributed by atoms with Gasteiger partial charge in [0.25, 0.3) is 0 Å². The molecule has 1 fully saturated rings. The van der Waals surface area contributed by atoms with Gasteiger partial charge in [0.05, 0.1) is 6.61 Å². The van der Waals surface area contributed by atoms with Crippen LogP contribution in [0.4, 0.5) is 0 Å². The Morgan fingerprint density at radius 2 is 1.89 bits per heavy atom. The van der Waals surface area contributed by atoms with Crippen molar-refractivity contribution < 1.29 is 4.74 Å². The highest BCUT2D eigenvalue weighted by Gasteiger charge is 2.22. The quantitative estimate of drug-likeness (QED) is 0.838. The van der Waals surface area contributed by atoms with Crippen molar-refractivity contribution in [2.24, 2.45) is 5.92 Å². The van der Waals surface area contributed by atoms with Crippen molar-refractivity contribution in [2.75, 3.05) is 7.11 Å². The van der Waals surface area contributed by atoms with E-state index in [0.29, 0.717) is 12.6 Å². The monoisotopic (exact) mass is 261 g/mol. The maximum absolute atomic E-state index is 5.27. The van der Waals surface area contributed by atoms with Crippen LogP contribution >= 0.6 is 0 Å². The van der Waals surface area contributed by atoms with Gasteiger partial charge in [-0.05, 0) is 29.9 Å².